The van der Waals surface area contributed by atoms with Crippen LogP contribution in [0.5, 0.6) is 0 Å². The van der Waals surface area contributed by atoms with Crippen molar-refractivity contribution in [2.24, 2.45) is 17.3 Å². The second-order valence-electron chi connectivity index (χ2n) is 9.15. The Kier molecular flexibility index (Phi) is 4.10. The van der Waals surface area contributed by atoms with Gasteiger partial charge in [0.15, 0.2) is 0 Å². The van der Waals surface area contributed by atoms with Crippen LogP contribution < -0.4 is 5.32 Å². The molecule has 0 heterocycles. The molecule has 4 saturated carbocycles. The number of nitrogens with one attached hydrogen (secondary N) is 1. The number of alkyl carbamates (subject to hydrolysis) is 1. The fraction of sp³-hybridized carbons (Fsp3) is 0.889. The summed E-state index contributed by atoms with van der Waals surface area (Å²) in [6, 6.07) is -0.769. The third-order valence-electron chi connectivity index (χ3n) is 5.79. The molecule has 2 N–H and O–H groups in total. The van der Waals surface area contributed by atoms with Crippen molar-refractivity contribution in [3.8, 4) is 0 Å². The molecule has 0 aromatic rings. The highest BCUT2D eigenvalue weighted by atomic mass is 16.6. The first-order chi connectivity index (χ1) is 11.0. The standard InChI is InChI=1S/C18H29NO5/c1-16(2,3)24-15(21)19-13(14(20)23-4)17-6-11-5-12(7-17)9-18(22,8-11)10-17/h11-13,22H,5-10H2,1-4H3,(H,19,21). The predicted octanol–water partition coefficient (Wildman–Crippen LogP) is 2.38. The molecule has 0 aliphatic heterocycles. The Morgan fingerprint density at radius 2 is 1.75 bits per heavy atom. The van der Waals surface area contributed by atoms with Crippen molar-refractivity contribution in [2.45, 2.75) is 76.5 Å². The Morgan fingerprint density at radius 1 is 1.17 bits per heavy atom. The van der Waals surface area contributed by atoms with Gasteiger partial charge in [-0.15, -0.1) is 0 Å². The van der Waals surface area contributed by atoms with Gasteiger partial charge in [0.2, 0.25) is 0 Å². The lowest BCUT2D eigenvalue weighted by Crippen LogP contribution is -2.64. The molecule has 3 atom stereocenters. The first-order valence-electron chi connectivity index (χ1n) is 8.84. The van der Waals surface area contributed by atoms with Gasteiger partial charge < -0.3 is 19.9 Å². The van der Waals surface area contributed by atoms with Crippen molar-refractivity contribution in [3.63, 3.8) is 0 Å². The first kappa shape index (κ1) is 17.5. The number of ether oxygens (including phenoxy) is 2. The second-order valence-corrected chi connectivity index (χ2v) is 9.15. The lowest BCUT2D eigenvalue weighted by atomic mass is 9.46. The van der Waals surface area contributed by atoms with Gasteiger partial charge in [-0.05, 0) is 71.1 Å². The van der Waals surface area contributed by atoms with Crippen LogP contribution in [0.25, 0.3) is 0 Å². The van der Waals surface area contributed by atoms with Gasteiger partial charge in [0.25, 0.3) is 0 Å². The number of methoxy groups -OCH3 is 1. The summed E-state index contributed by atoms with van der Waals surface area (Å²) in [7, 11) is 1.33. The highest BCUT2D eigenvalue weighted by Crippen LogP contribution is 2.62. The third-order valence-corrected chi connectivity index (χ3v) is 5.79. The summed E-state index contributed by atoms with van der Waals surface area (Å²) in [6.45, 7) is 5.35. The van der Waals surface area contributed by atoms with Crippen LogP contribution >= 0.6 is 0 Å². The van der Waals surface area contributed by atoms with E-state index in [1.54, 1.807) is 20.8 Å². The van der Waals surface area contributed by atoms with Crippen LogP contribution in [0.3, 0.4) is 0 Å². The van der Waals surface area contributed by atoms with Crippen molar-refractivity contribution >= 4 is 12.1 Å². The SMILES string of the molecule is COC(=O)C(NC(=O)OC(C)(C)C)C12CC3CC(CC(O)(C3)C1)C2. The smallest absolute Gasteiger partial charge is 0.408 e. The monoisotopic (exact) mass is 339 g/mol. The van der Waals surface area contributed by atoms with E-state index in [0.29, 0.717) is 18.3 Å². The number of carbonyl (C=O) groups excluding carboxylic acids is 2. The highest BCUT2D eigenvalue weighted by molar-refractivity contribution is 5.82. The summed E-state index contributed by atoms with van der Waals surface area (Å²) >= 11 is 0. The Labute approximate surface area is 143 Å². The Morgan fingerprint density at radius 3 is 2.21 bits per heavy atom. The molecule has 6 heteroatoms. The maximum absolute atomic E-state index is 12.5. The summed E-state index contributed by atoms with van der Waals surface area (Å²) in [5.74, 6) is 0.388. The van der Waals surface area contributed by atoms with Crippen LogP contribution in [0, 0.1) is 17.3 Å². The van der Waals surface area contributed by atoms with Gasteiger partial charge in [-0.25, -0.2) is 9.59 Å². The quantitative estimate of drug-likeness (QED) is 0.771. The van der Waals surface area contributed by atoms with Gasteiger partial charge in [0.1, 0.15) is 11.6 Å². The zero-order valence-corrected chi connectivity index (χ0v) is 15.1. The lowest BCUT2D eigenvalue weighted by Gasteiger charge is -2.61. The van der Waals surface area contributed by atoms with E-state index in [9.17, 15) is 14.7 Å². The average Bonchev–Trinajstić information content (AvgIpc) is 2.39. The zero-order chi connectivity index (χ0) is 17.8. The highest BCUT2D eigenvalue weighted by Gasteiger charge is 2.61. The number of esters is 1. The predicted molar refractivity (Wildman–Crippen MR) is 87.2 cm³/mol. The maximum Gasteiger partial charge on any atom is 0.408 e. The van der Waals surface area contributed by atoms with Gasteiger partial charge in [-0.3, -0.25) is 0 Å². The summed E-state index contributed by atoms with van der Waals surface area (Å²) in [5, 5.41) is 13.6. The van der Waals surface area contributed by atoms with Gasteiger partial charge in [-0.1, -0.05) is 0 Å². The second kappa shape index (κ2) is 5.61. The topological polar surface area (TPSA) is 84.9 Å². The minimum atomic E-state index is -0.769. The van der Waals surface area contributed by atoms with Crippen molar-refractivity contribution in [3.05, 3.63) is 0 Å². The molecule has 0 aromatic carbocycles. The molecule has 1 amide bonds. The summed E-state index contributed by atoms with van der Waals surface area (Å²) in [4.78, 5) is 24.7. The van der Waals surface area contributed by atoms with E-state index in [1.165, 1.54) is 7.11 Å². The number of rotatable bonds is 3. The normalized spacial score (nSPS) is 38.5. The minimum absolute atomic E-state index is 0.420. The molecule has 24 heavy (non-hydrogen) atoms. The Hall–Kier alpha value is -1.30. The average molecular weight is 339 g/mol. The van der Waals surface area contributed by atoms with E-state index in [1.807, 2.05) is 0 Å². The molecule has 4 rings (SSSR count). The van der Waals surface area contributed by atoms with Crippen molar-refractivity contribution in [2.75, 3.05) is 7.11 Å². The molecule has 4 aliphatic carbocycles. The molecule has 0 saturated heterocycles. The molecule has 4 fully saturated rings. The minimum Gasteiger partial charge on any atom is -0.467 e. The van der Waals surface area contributed by atoms with Crippen LogP contribution in [0.4, 0.5) is 4.79 Å². The number of aliphatic hydroxyl groups is 1. The van der Waals surface area contributed by atoms with Gasteiger partial charge >= 0.3 is 12.1 Å². The first-order valence-corrected chi connectivity index (χ1v) is 8.84. The third kappa shape index (κ3) is 3.25. The van der Waals surface area contributed by atoms with Crippen LogP contribution in [0.1, 0.15) is 59.3 Å². The lowest BCUT2D eigenvalue weighted by molar-refractivity contribution is -0.183. The number of amides is 1. The van der Waals surface area contributed by atoms with E-state index < -0.39 is 34.7 Å². The Balaban J connectivity index is 1.84. The molecule has 0 aromatic heterocycles. The van der Waals surface area contributed by atoms with Gasteiger partial charge in [0, 0.05) is 5.41 Å². The molecular weight excluding hydrogens is 310 g/mol. The number of hydrogen-bond donors (Lipinski definition) is 2. The van der Waals surface area contributed by atoms with E-state index in [4.69, 9.17) is 9.47 Å². The molecule has 3 unspecified atom stereocenters. The zero-order valence-electron chi connectivity index (χ0n) is 15.1. The summed E-state index contributed by atoms with van der Waals surface area (Å²) in [6.07, 6.45) is 4.37. The van der Waals surface area contributed by atoms with Crippen LogP contribution in [0.2, 0.25) is 0 Å². The van der Waals surface area contributed by atoms with Crippen LogP contribution in [0.15, 0.2) is 0 Å². The van der Waals surface area contributed by atoms with E-state index in [2.05, 4.69) is 5.32 Å². The number of hydrogen-bond acceptors (Lipinski definition) is 5. The van der Waals surface area contributed by atoms with E-state index in [-0.39, 0.29) is 0 Å². The number of carbonyl (C=O) groups is 2. The summed E-state index contributed by atoms with van der Waals surface area (Å²) in [5.41, 5.74) is -1.76. The molecule has 6 nitrogen and oxygen atoms in total. The molecular formula is C18H29NO5. The van der Waals surface area contributed by atoms with Crippen LogP contribution in [-0.2, 0) is 14.3 Å². The Bertz CT molecular complexity index is 524. The molecule has 0 radical (unpaired) electrons. The van der Waals surface area contributed by atoms with Gasteiger partial charge in [-0.2, -0.15) is 0 Å². The van der Waals surface area contributed by atoms with Gasteiger partial charge in [0.05, 0.1) is 12.7 Å². The largest absolute Gasteiger partial charge is 0.467 e. The molecule has 4 aliphatic rings. The van der Waals surface area contributed by atoms with Crippen LogP contribution in [-0.4, -0.2) is 41.5 Å². The van der Waals surface area contributed by atoms with Crippen molar-refractivity contribution < 1.29 is 24.2 Å². The van der Waals surface area contributed by atoms with Crippen molar-refractivity contribution in [1.29, 1.82) is 0 Å². The fourth-order valence-corrected chi connectivity index (χ4v) is 5.63. The van der Waals surface area contributed by atoms with Crippen molar-refractivity contribution in [1.82, 2.24) is 5.32 Å². The molecule has 4 bridgehead atoms. The summed E-state index contributed by atoms with van der Waals surface area (Å²) < 4.78 is 10.3. The maximum atomic E-state index is 12.5. The fourth-order valence-electron chi connectivity index (χ4n) is 5.63. The molecule has 0 spiro atoms. The van der Waals surface area contributed by atoms with E-state index >= 15 is 0 Å². The van der Waals surface area contributed by atoms with E-state index in [0.717, 1.165) is 32.1 Å². The molecule has 136 valence electrons.